The van der Waals surface area contributed by atoms with Crippen molar-refractivity contribution >= 4 is 17.7 Å². The van der Waals surface area contributed by atoms with Crippen molar-refractivity contribution in [3.63, 3.8) is 0 Å². The summed E-state index contributed by atoms with van der Waals surface area (Å²) in [6, 6.07) is -4.65. The van der Waals surface area contributed by atoms with Crippen LogP contribution >= 0.6 is 0 Å². The second-order valence-electron chi connectivity index (χ2n) is 31.4. The van der Waals surface area contributed by atoms with Crippen molar-refractivity contribution in [3.05, 3.63) is 12.2 Å². The molecule has 6 aliphatic rings. The van der Waals surface area contributed by atoms with Crippen LogP contribution in [0.5, 0.6) is 0 Å². The predicted octanol–water partition coefficient (Wildman–Crippen LogP) is -1.64. The number of carbonyl (C=O) groups excluding carboxylic acids is 3. The first-order valence-corrected chi connectivity index (χ1v) is 42.0. The summed E-state index contributed by atoms with van der Waals surface area (Å²) >= 11 is 0. The van der Waals surface area contributed by atoms with Crippen molar-refractivity contribution in [3.8, 4) is 0 Å². The molecule has 0 spiro atoms. The van der Waals surface area contributed by atoms with Gasteiger partial charge in [-0.1, -0.05) is 193 Å². The molecular formula is C78H141N3O33. The average molecular weight is 1650 g/mol. The molecule has 0 aromatic carbocycles. The number of hydrogen-bond donors (Lipinski definition) is 21. The maximum absolute atomic E-state index is 13.5. The molecule has 36 heteroatoms. The molecule has 3 amide bonds. The summed E-state index contributed by atoms with van der Waals surface area (Å²) in [4.78, 5) is 39.3. The van der Waals surface area contributed by atoms with Crippen molar-refractivity contribution in [1.82, 2.24) is 16.0 Å². The van der Waals surface area contributed by atoms with E-state index in [0.29, 0.717) is 12.8 Å². The van der Waals surface area contributed by atoms with E-state index in [1.807, 2.05) is 6.08 Å². The van der Waals surface area contributed by atoms with Crippen LogP contribution in [0.2, 0.25) is 0 Å². The molecule has 12 unspecified atom stereocenters. The van der Waals surface area contributed by atoms with Crippen LogP contribution < -0.4 is 16.0 Å². The Labute approximate surface area is 669 Å². The molecule has 666 valence electrons. The quantitative estimate of drug-likeness (QED) is 0.0240. The zero-order valence-electron chi connectivity index (χ0n) is 67.0. The van der Waals surface area contributed by atoms with Crippen molar-refractivity contribution in [2.75, 3.05) is 46.2 Å². The predicted molar refractivity (Wildman–Crippen MR) is 403 cm³/mol. The number of ether oxygens (including phenoxy) is 12. The average Bonchev–Trinajstić information content (AvgIpc) is 0.410. The molecular weight excluding hydrogens is 1510 g/mol. The number of unbranched alkanes of at least 4 members (excludes halogenated alkanes) is 27. The lowest BCUT2D eigenvalue weighted by Crippen LogP contribution is -2.71. The Morgan fingerprint density at radius 1 is 0.342 bits per heavy atom. The van der Waals surface area contributed by atoms with E-state index in [1.54, 1.807) is 6.08 Å². The van der Waals surface area contributed by atoms with E-state index in [-0.39, 0.29) is 12.3 Å². The second-order valence-corrected chi connectivity index (χ2v) is 31.4. The molecule has 0 radical (unpaired) electrons. The van der Waals surface area contributed by atoms with E-state index in [1.165, 1.54) is 122 Å². The lowest BCUT2D eigenvalue weighted by atomic mass is 9.93. The van der Waals surface area contributed by atoms with Gasteiger partial charge >= 0.3 is 0 Å². The minimum atomic E-state index is -2.27. The number of hydrogen-bond acceptors (Lipinski definition) is 33. The summed E-state index contributed by atoms with van der Waals surface area (Å²) in [5, 5.41) is 208. The molecule has 0 aromatic heterocycles. The first kappa shape index (κ1) is 99.8. The molecule has 6 aliphatic heterocycles. The molecule has 0 bridgehead atoms. The number of nitrogens with one attached hydrogen (secondary N) is 3. The molecule has 0 aliphatic carbocycles. The van der Waals surface area contributed by atoms with Gasteiger partial charge in [-0.15, -0.1) is 0 Å². The van der Waals surface area contributed by atoms with Gasteiger partial charge in [-0.05, 0) is 19.3 Å². The van der Waals surface area contributed by atoms with Gasteiger partial charge < -0.3 is 165 Å². The van der Waals surface area contributed by atoms with Crippen LogP contribution in [-0.2, 0) is 71.2 Å². The Bertz CT molecular complexity index is 2630. The van der Waals surface area contributed by atoms with E-state index < -0.39 is 254 Å². The van der Waals surface area contributed by atoms with Gasteiger partial charge in [-0.25, -0.2) is 0 Å². The Kier molecular flexibility index (Phi) is 47.0. The van der Waals surface area contributed by atoms with Crippen molar-refractivity contribution in [2.45, 2.75) is 417 Å². The number of carbonyl (C=O) groups is 3. The summed E-state index contributed by atoms with van der Waals surface area (Å²) < 4.78 is 71.0. The van der Waals surface area contributed by atoms with Crippen LogP contribution in [0.15, 0.2) is 12.2 Å². The van der Waals surface area contributed by atoms with Gasteiger partial charge in [0.05, 0.1) is 58.4 Å². The summed E-state index contributed by atoms with van der Waals surface area (Å²) in [5.41, 5.74) is 0. The van der Waals surface area contributed by atoms with Crippen LogP contribution in [0.25, 0.3) is 0 Å². The Morgan fingerprint density at radius 2 is 0.667 bits per heavy atom. The van der Waals surface area contributed by atoms with Crippen molar-refractivity contribution < 1.29 is 163 Å². The van der Waals surface area contributed by atoms with E-state index in [9.17, 15) is 106 Å². The zero-order chi connectivity index (χ0) is 83.4. The standard InChI is InChI=1S/C78H141N3O33/c1-5-7-9-11-13-15-17-19-20-21-22-24-26-28-30-32-34-36-54(91)81-46(47(90)35-33-31-29-27-25-23-18-16-14-12-10-8-6-2)43-103-75-65(100)62(97)70(52(41-86)108-75)112-77-66(101)63(98)69(53(42-87)109-77)110-74-56(80-45(4)89)71(58(93)49(38-83)104-74)113-78-67(102)72(59(94)50(39-84)106-78)114-73-55(79-44(3)88)60(95)68(51(40-85)107-73)111-76-64(99)61(96)57(92)48(37-82)105-76/h33,35,46-53,55-78,82-87,90,92-102H,5-32,34,36-43H2,1-4H3,(H,79,88)(H,80,89)(H,81,91)/b35-33+/t46-,47+,48?,49?,50?,51?,52?,53?,55?,56?,57-,58-,59-,60+,61-,62+,63+,64?,65?,66?,67?,68-,69-,70+,71+,72-,73-,74-,75+,76-,77-,78-/m0/s1. The lowest BCUT2D eigenvalue weighted by molar-refractivity contribution is -0.385. The van der Waals surface area contributed by atoms with Crippen LogP contribution in [0, 0.1) is 0 Å². The van der Waals surface area contributed by atoms with Crippen LogP contribution in [0.4, 0.5) is 0 Å². The zero-order valence-corrected chi connectivity index (χ0v) is 67.0. The van der Waals surface area contributed by atoms with E-state index in [2.05, 4.69) is 29.8 Å². The number of aliphatic hydroxyl groups excluding tert-OH is 18. The molecule has 6 heterocycles. The van der Waals surface area contributed by atoms with Gasteiger partial charge in [0.2, 0.25) is 17.7 Å². The third kappa shape index (κ3) is 30.5. The largest absolute Gasteiger partial charge is 0.394 e. The first-order chi connectivity index (χ1) is 54.8. The normalized spacial score (nSPS) is 36.8. The van der Waals surface area contributed by atoms with Gasteiger partial charge in [-0.2, -0.15) is 0 Å². The number of aliphatic hydroxyl groups is 18. The number of rotatable bonds is 54. The maximum atomic E-state index is 13.5. The molecule has 36 nitrogen and oxygen atoms in total. The third-order valence-electron chi connectivity index (χ3n) is 22.2. The van der Waals surface area contributed by atoms with E-state index >= 15 is 0 Å². The minimum Gasteiger partial charge on any atom is -0.394 e. The van der Waals surface area contributed by atoms with Crippen LogP contribution in [-0.4, -0.2) is 352 Å². The highest BCUT2D eigenvalue weighted by molar-refractivity contribution is 5.76. The summed E-state index contributed by atoms with van der Waals surface area (Å²) in [6.45, 7) is 0.0844. The third-order valence-corrected chi connectivity index (χ3v) is 22.2. The minimum absolute atomic E-state index is 0.180. The van der Waals surface area contributed by atoms with Crippen molar-refractivity contribution in [1.29, 1.82) is 0 Å². The fourth-order valence-electron chi connectivity index (χ4n) is 15.5. The van der Waals surface area contributed by atoms with Gasteiger partial charge in [0.25, 0.3) is 0 Å². The van der Waals surface area contributed by atoms with Crippen LogP contribution in [0.3, 0.4) is 0 Å². The molecule has 6 fully saturated rings. The highest BCUT2D eigenvalue weighted by Gasteiger charge is 2.59. The molecule has 114 heavy (non-hydrogen) atoms. The highest BCUT2D eigenvalue weighted by Crippen LogP contribution is 2.38. The highest BCUT2D eigenvalue weighted by atomic mass is 16.8. The SMILES string of the molecule is CCCCCCCCCCCCC/C=C/[C@@H](O)[C@H](CO[C@@H]1OC(CO)[C@@H](O[C@@H]2OC(CO)[C@H](O[C@@H]3OC(CO)[C@H](O)[C@H](O[C@@H]4OC(CO)[C@H](O)[C@H](O[C@@H]5OC(CO)[C@H](O[C@@H]6OC(CO)[C@H](O)[C@H](O)C6O)[C@H](O)C5NC(C)=O)C4O)C3NC(C)=O)[C@H](O)C2O)[C@H](O)C1O)NC(=O)CCCCCCCCCCCCCCCCCCC. The Morgan fingerprint density at radius 3 is 1.12 bits per heavy atom. The molecule has 0 saturated carbocycles. The molecule has 6 saturated heterocycles. The lowest BCUT2D eigenvalue weighted by Gasteiger charge is -2.51. The Hall–Kier alpha value is -3.05. The maximum Gasteiger partial charge on any atom is 0.220 e. The monoisotopic (exact) mass is 1650 g/mol. The smallest absolute Gasteiger partial charge is 0.220 e. The topological polar surface area (TPSA) is 562 Å². The summed E-state index contributed by atoms with van der Waals surface area (Å²) in [6.07, 6.45) is -17.7. The second kappa shape index (κ2) is 53.7. The fraction of sp³-hybridized carbons (Fsp3) is 0.936. The van der Waals surface area contributed by atoms with Gasteiger partial charge in [0.15, 0.2) is 37.7 Å². The molecule has 32 atom stereocenters. The van der Waals surface area contributed by atoms with Crippen LogP contribution in [0.1, 0.15) is 220 Å². The molecule has 21 N–H and O–H groups in total. The number of allylic oxidation sites excluding steroid dienone is 1. The summed E-state index contributed by atoms with van der Waals surface area (Å²) in [5.74, 6) is -2.05. The van der Waals surface area contributed by atoms with Crippen molar-refractivity contribution in [2.24, 2.45) is 0 Å². The van der Waals surface area contributed by atoms with Gasteiger partial charge in [0, 0.05) is 20.3 Å². The van der Waals surface area contributed by atoms with Gasteiger partial charge in [-0.3, -0.25) is 14.4 Å². The Balaban J connectivity index is 1.08. The van der Waals surface area contributed by atoms with E-state index in [4.69, 9.17) is 56.8 Å². The van der Waals surface area contributed by atoms with Gasteiger partial charge in [0.1, 0.15) is 146 Å². The molecule has 6 rings (SSSR count). The first-order valence-electron chi connectivity index (χ1n) is 42.0. The molecule has 0 aromatic rings. The van der Waals surface area contributed by atoms with E-state index in [0.717, 1.165) is 65.2 Å². The fourth-order valence-corrected chi connectivity index (χ4v) is 15.5. The number of amides is 3. The summed E-state index contributed by atoms with van der Waals surface area (Å²) in [7, 11) is 0.